The van der Waals surface area contributed by atoms with E-state index in [1.165, 1.54) is 44.4 Å². The summed E-state index contributed by atoms with van der Waals surface area (Å²) in [4.78, 5) is 11.8. The summed E-state index contributed by atoms with van der Waals surface area (Å²) < 4.78 is 70.8. The molecule has 0 aliphatic carbocycles. The first-order valence-electron chi connectivity index (χ1n) is 8.95. The standard InChI is InChI=1S/C20H16F3N5O3S/c1-11-6-17(12(2)26-18(11)20(21,22)23)31-19-16(28-32(3,29)30)5-4-15(27-19)14-7-13(8-24)9-25-10-14/h4-7,9-10,28H,1-3H3. The Balaban J connectivity index is 2.10. The molecule has 32 heavy (non-hydrogen) atoms. The fourth-order valence-electron chi connectivity index (χ4n) is 2.77. The monoisotopic (exact) mass is 463 g/mol. The summed E-state index contributed by atoms with van der Waals surface area (Å²) in [5.41, 5.74) is -0.262. The highest BCUT2D eigenvalue weighted by Crippen LogP contribution is 2.36. The lowest BCUT2D eigenvalue weighted by Crippen LogP contribution is -2.13. The van der Waals surface area contributed by atoms with Gasteiger partial charge in [0.25, 0.3) is 0 Å². The van der Waals surface area contributed by atoms with Gasteiger partial charge in [-0.1, -0.05) is 0 Å². The Labute approximate surface area is 181 Å². The number of sulfonamides is 1. The molecule has 0 amide bonds. The minimum Gasteiger partial charge on any atom is -0.435 e. The molecule has 0 spiro atoms. The zero-order chi connectivity index (χ0) is 23.7. The molecule has 0 bridgehead atoms. The van der Waals surface area contributed by atoms with E-state index < -0.39 is 21.9 Å². The fourth-order valence-corrected chi connectivity index (χ4v) is 3.33. The van der Waals surface area contributed by atoms with Gasteiger partial charge in [-0.2, -0.15) is 18.4 Å². The molecule has 0 radical (unpaired) electrons. The first kappa shape index (κ1) is 23.0. The lowest BCUT2D eigenvalue weighted by atomic mass is 10.1. The van der Waals surface area contributed by atoms with Crippen molar-refractivity contribution in [2.24, 2.45) is 0 Å². The van der Waals surface area contributed by atoms with E-state index in [9.17, 15) is 21.6 Å². The quantitative estimate of drug-likeness (QED) is 0.602. The number of nitrogens with one attached hydrogen (secondary N) is 1. The molecule has 8 nitrogen and oxygen atoms in total. The summed E-state index contributed by atoms with van der Waals surface area (Å²) in [6.45, 7) is 2.57. The van der Waals surface area contributed by atoms with E-state index in [2.05, 4.69) is 19.7 Å². The average Bonchev–Trinajstić information content (AvgIpc) is 2.70. The summed E-state index contributed by atoms with van der Waals surface area (Å²) in [7, 11) is -3.71. The number of hydrogen-bond donors (Lipinski definition) is 1. The third-order valence-corrected chi connectivity index (χ3v) is 4.74. The second-order valence-electron chi connectivity index (χ2n) is 6.83. The zero-order valence-corrected chi connectivity index (χ0v) is 17.8. The zero-order valence-electron chi connectivity index (χ0n) is 17.0. The summed E-state index contributed by atoms with van der Waals surface area (Å²) >= 11 is 0. The van der Waals surface area contributed by atoms with E-state index >= 15 is 0 Å². The van der Waals surface area contributed by atoms with Gasteiger partial charge in [0.2, 0.25) is 15.9 Å². The van der Waals surface area contributed by atoms with Gasteiger partial charge in [0.1, 0.15) is 17.5 Å². The number of aromatic nitrogens is 3. The number of nitriles is 1. The number of pyridine rings is 3. The van der Waals surface area contributed by atoms with E-state index in [1.807, 2.05) is 6.07 Å². The molecule has 0 atom stereocenters. The van der Waals surface area contributed by atoms with Crippen LogP contribution in [0.25, 0.3) is 11.3 Å². The van der Waals surface area contributed by atoms with Crippen LogP contribution in [-0.4, -0.2) is 29.6 Å². The van der Waals surface area contributed by atoms with Crippen LogP contribution in [0.3, 0.4) is 0 Å². The van der Waals surface area contributed by atoms with Crippen molar-refractivity contribution in [2.75, 3.05) is 11.0 Å². The van der Waals surface area contributed by atoms with E-state index in [1.54, 1.807) is 0 Å². The molecule has 0 fully saturated rings. The van der Waals surface area contributed by atoms with E-state index in [0.29, 0.717) is 11.3 Å². The molecule has 3 rings (SSSR count). The Bertz CT molecular complexity index is 1340. The van der Waals surface area contributed by atoms with Crippen LogP contribution in [0.15, 0.2) is 36.7 Å². The number of hydrogen-bond acceptors (Lipinski definition) is 7. The molecule has 0 saturated carbocycles. The second-order valence-corrected chi connectivity index (χ2v) is 8.58. The molecule has 0 unspecified atom stereocenters. The molecule has 0 aliphatic heterocycles. The molecule has 12 heteroatoms. The maximum Gasteiger partial charge on any atom is 0.433 e. The molecule has 0 aromatic carbocycles. The number of nitrogens with zero attached hydrogens (tertiary/aromatic N) is 4. The van der Waals surface area contributed by atoms with Crippen LogP contribution in [0.5, 0.6) is 11.6 Å². The molecule has 166 valence electrons. The molecule has 3 aromatic rings. The predicted molar refractivity (Wildman–Crippen MR) is 109 cm³/mol. The summed E-state index contributed by atoms with van der Waals surface area (Å²) in [6, 6.07) is 7.51. The van der Waals surface area contributed by atoms with Crippen LogP contribution in [-0.2, 0) is 16.2 Å². The van der Waals surface area contributed by atoms with Gasteiger partial charge in [-0.25, -0.2) is 18.4 Å². The fraction of sp³-hybridized carbons (Fsp3) is 0.200. The highest BCUT2D eigenvalue weighted by Gasteiger charge is 2.35. The SMILES string of the molecule is Cc1cc(Oc2nc(-c3cncc(C#N)c3)ccc2NS(C)(=O)=O)c(C)nc1C(F)(F)F. The number of anilines is 1. The summed E-state index contributed by atoms with van der Waals surface area (Å²) in [5, 5.41) is 9.07. The molecule has 1 N–H and O–H groups in total. The Morgan fingerprint density at radius 1 is 1.12 bits per heavy atom. The molecular formula is C20H16F3N5O3S. The van der Waals surface area contributed by atoms with Crippen molar-refractivity contribution in [3.8, 4) is 29.0 Å². The second kappa shape index (κ2) is 8.43. The van der Waals surface area contributed by atoms with Crippen molar-refractivity contribution in [3.63, 3.8) is 0 Å². The van der Waals surface area contributed by atoms with Crippen molar-refractivity contribution in [2.45, 2.75) is 20.0 Å². The molecule has 3 aromatic heterocycles. The van der Waals surface area contributed by atoms with Gasteiger partial charge >= 0.3 is 6.18 Å². The molecule has 3 heterocycles. The largest absolute Gasteiger partial charge is 0.435 e. The van der Waals surface area contributed by atoms with Gasteiger partial charge in [0, 0.05) is 18.0 Å². The highest BCUT2D eigenvalue weighted by molar-refractivity contribution is 7.92. The third kappa shape index (κ3) is 5.30. The van der Waals surface area contributed by atoms with Gasteiger partial charge < -0.3 is 4.74 Å². The van der Waals surface area contributed by atoms with Crippen molar-refractivity contribution < 1.29 is 26.3 Å². The van der Waals surface area contributed by atoms with Gasteiger partial charge in [0.15, 0.2) is 5.75 Å². The van der Waals surface area contributed by atoms with Crippen LogP contribution in [0.2, 0.25) is 0 Å². The predicted octanol–water partition coefficient (Wildman–Crippen LogP) is 4.21. The Kier molecular flexibility index (Phi) is 6.05. The van der Waals surface area contributed by atoms with Crippen molar-refractivity contribution >= 4 is 15.7 Å². The first-order chi connectivity index (χ1) is 14.9. The van der Waals surface area contributed by atoms with Gasteiger partial charge in [-0.15, -0.1) is 0 Å². The van der Waals surface area contributed by atoms with Gasteiger partial charge in [-0.3, -0.25) is 9.71 Å². The minimum atomic E-state index is -4.63. The minimum absolute atomic E-state index is 0.0272. The van der Waals surface area contributed by atoms with Gasteiger partial charge in [0.05, 0.1) is 23.2 Å². The maximum absolute atomic E-state index is 13.1. The van der Waals surface area contributed by atoms with Crippen LogP contribution < -0.4 is 9.46 Å². The number of rotatable bonds is 5. The van der Waals surface area contributed by atoms with Crippen LogP contribution >= 0.6 is 0 Å². The number of halogens is 3. The van der Waals surface area contributed by atoms with Crippen molar-refractivity contribution in [3.05, 3.63) is 59.2 Å². The van der Waals surface area contributed by atoms with Crippen LogP contribution in [0, 0.1) is 25.2 Å². The van der Waals surface area contributed by atoms with E-state index in [0.717, 1.165) is 12.3 Å². The normalized spacial score (nSPS) is 11.7. The number of ether oxygens (including phenoxy) is 1. The van der Waals surface area contributed by atoms with Crippen molar-refractivity contribution in [1.82, 2.24) is 15.0 Å². The maximum atomic E-state index is 13.1. The Morgan fingerprint density at radius 3 is 2.47 bits per heavy atom. The smallest absolute Gasteiger partial charge is 0.433 e. The Hall–Kier alpha value is -3.72. The lowest BCUT2D eigenvalue weighted by Gasteiger charge is -2.16. The van der Waals surface area contributed by atoms with E-state index in [-0.39, 0.29) is 34.1 Å². The van der Waals surface area contributed by atoms with E-state index in [4.69, 9.17) is 10.00 Å². The van der Waals surface area contributed by atoms with Gasteiger partial charge in [-0.05, 0) is 43.7 Å². The number of alkyl halides is 3. The molecule has 0 aliphatic rings. The summed E-state index contributed by atoms with van der Waals surface area (Å²) in [6.07, 6.45) is -0.889. The van der Waals surface area contributed by atoms with Crippen LogP contribution in [0.1, 0.15) is 22.5 Å². The third-order valence-electron chi connectivity index (χ3n) is 4.15. The number of aryl methyl sites for hydroxylation is 2. The topological polar surface area (TPSA) is 118 Å². The average molecular weight is 463 g/mol. The van der Waals surface area contributed by atoms with Crippen molar-refractivity contribution in [1.29, 1.82) is 5.26 Å². The summed E-state index contributed by atoms with van der Waals surface area (Å²) in [5.74, 6) is -0.236. The molecular weight excluding hydrogens is 447 g/mol. The molecule has 0 saturated heterocycles. The highest BCUT2D eigenvalue weighted by atomic mass is 32.2. The first-order valence-corrected chi connectivity index (χ1v) is 10.8. The lowest BCUT2D eigenvalue weighted by molar-refractivity contribution is -0.141. The Morgan fingerprint density at radius 2 is 1.84 bits per heavy atom. The van der Waals surface area contributed by atoms with Crippen LogP contribution in [0.4, 0.5) is 18.9 Å².